The second-order valence-electron chi connectivity index (χ2n) is 10.5. The zero-order valence-electron chi connectivity index (χ0n) is 17.5. The minimum Gasteiger partial charge on any atom is -0.393 e. The monoisotopic (exact) mass is 372 g/mol. The Labute approximate surface area is 164 Å². The lowest BCUT2D eigenvalue weighted by molar-refractivity contribution is -0.154. The smallest absolute Gasteiger partial charge is 0.318 e. The van der Waals surface area contributed by atoms with Crippen LogP contribution >= 0.6 is 0 Å². The third-order valence-corrected chi connectivity index (χ3v) is 8.61. The molecule has 4 aliphatic rings. The van der Waals surface area contributed by atoms with Crippen molar-refractivity contribution in [2.24, 2.45) is 46.8 Å². The van der Waals surface area contributed by atoms with Gasteiger partial charge in [0.25, 0.3) is 0 Å². The highest BCUT2D eigenvalue weighted by atomic mass is 16.6. The van der Waals surface area contributed by atoms with E-state index in [2.05, 4.69) is 33.8 Å². The van der Waals surface area contributed by atoms with E-state index in [0.717, 1.165) is 24.2 Å². The molecule has 150 valence electrons. The molecular weight excluding hydrogens is 336 g/mol. The van der Waals surface area contributed by atoms with E-state index in [1.807, 2.05) is 0 Å². The van der Waals surface area contributed by atoms with Crippen molar-refractivity contribution in [2.75, 3.05) is 0 Å². The third-order valence-electron chi connectivity index (χ3n) is 8.61. The summed E-state index contributed by atoms with van der Waals surface area (Å²) >= 11 is 0. The van der Waals surface area contributed by atoms with Gasteiger partial charge >= 0.3 is 11.9 Å². The summed E-state index contributed by atoms with van der Waals surface area (Å²) in [5, 5.41) is 0. The Kier molecular flexibility index (Phi) is 5.01. The lowest BCUT2D eigenvalue weighted by Crippen LogP contribution is -2.43. The van der Waals surface area contributed by atoms with Gasteiger partial charge in [0.05, 0.1) is 11.8 Å². The summed E-state index contributed by atoms with van der Waals surface area (Å²) in [5.41, 5.74) is 1.88. The largest absolute Gasteiger partial charge is 0.393 e. The van der Waals surface area contributed by atoms with Crippen LogP contribution in [0.5, 0.6) is 0 Å². The summed E-state index contributed by atoms with van der Waals surface area (Å²) in [6.45, 7) is 9.64. The Morgan fingerprint density at radius 3 is 2.59 bits per heavy atom. The molecule has 2 saturated carbocycles. The molecule has 1 heterocycles. The topological polar surface area (TPSA) is 43.4 Å². The maximum Gasteiger partial charge on any atom is 0.318 e. The number of fused-ring (bicyclic) bond motifs is 5. The van der Waals surface area contributed by atoms with E-state index < -0.39 is 0 Å². The van der Waals surface area contributed by atoms with Crippen LogP contribution in [0.4, 0.5) is 0 Å². The van der Waals surface area contributed by atoms with Gasteiger partial charge in [-0.05, 0) is 67.1 Å². The Morgan fingerprint density at radius 1 is 1.07 bits per heavy atom. The molecule has 0 aromatic carbocycles. The van der Waals surface area contributed by atoms with Crippen molar-refractivity contribution >= 4 is 11.9 Å². The molecule has 0 aromatic rings. The van der Waals surface area contributed by atoms with Gasteiger partial charge in [-0.25, -0.2) is 0 Å². The highest BCUT2D eigenvalue weighted by Gasteiger charge is 2.58. The molecule has 0 amide bonds. The molecular formula is C24H36O3. The van der Waals surface area contributed by atoms with E-state index in [-0.39, 0.29) is 29.7 Å². The van der Waals surface area contributed by atoms with Gasteiger partial charge in [0.15, 0.2) is 0 Å². The predicted octanol–water partition coefficient (Wildman–Crippen LogP) is 5.54. The summed E-state index contributed by atoms with van der Waals surface area (Å²) in [5.74, 6) is 2.32. The lowest BCUT2D eigenvalue weighted by Gasteiger charge is -2.49. The van der Waals surface area contributed by atoms with Crippen LogP contribution in [0.2, 0.25) is 0 Å². The van der Waals surface area contributed by atoms with Crippen LogP contribution in [0.15, 0.2) is 11.6 Å². The number of rotatable bonds is 5. The standard InChI is InChI=1S/C24H36O3/c1-14(2)6-5-7-15(3)19-10-11-20-16-8-9-18-21(23(26)27-22(18)25)17(16)12-13-24(19,20)4/h8,14-15,17-21H,5-7,9-13H2,1-4H3/t15-,17-,18+,19-,20+,21-,24-/m1/s1. The summed E-state index contributed by atoms with van der Waals surface area (Å²) in [6, 6.07) is 0. The van der Waals surface area contributed by atoms with Crippen molar-refractivity contribution in [3.63, 3.8) is 0 Å². The Bertz CT molecular complexity index is 648. The molecule has 0 aromatic heterocycles. The first-order valence-corrected chi connectivity index (χ1v) is 11.3. The molecule has 0 spiro atoms. The minimum atomic E-state index is -0.281. The van der Waals surface area contributed by atoms with Crippen LogP contribution in [0, 0.1) is 46.8 Å². The van der Waals surface area contributed by atoms with E-state index in [1.165, 1.54) is 44.1 Å². The van der Waals surface area contributed by atoms with E-state index in [0.29, 0.717) is 17.8 Å². The summed E-state index contributed by atoms with van der Waals surface area (Å²) < 4.78 is 5.01. The lowest BCUT2D eigenvalue weighted by atomic mass is 9.54. The van der Waals surface area contributed by atoms with Crippen LogP contribution in [0.3, 0.4) is 0 Å². The quantitative estimate of drug-likeness (QED) is 0.362. The number of hydrogen-bond acceptors (Lipinski definition) is 3. The molecule has 0 radical (unpaired) electrons. The number of esters is 2. The SMILES string of the molecule is CC(C)CCC[C@@H](C)[C@H]1CC[C@H]2C3=CC[C@@H]4C(=O)OC(=O)[C@@H]4[C@@H]3CC[C@]12C. The molecule has 1 aliphatic heterocycles. The second-order valence-corrected chi connectivity index (χ2v) is 10.5. The molecule has 1 saturated heterocycles. The highest BCUT2D eigenvalue weighted by molar-refractivity contribution is 5.97. The van der Waals surface area contributed by atoms with Gasteiger partial charge in [-0.3, -0.25) is 9.59 Å². The van der Waals surface area contributed by atoms with Crippen LogP contribution in [-0.2, 0) is 14.3 Å². The van der Waals surface area contributed by atoms with Crippen LogP contribution in [0.25, 0.3) is 0 Å². The maximum absolute atomic E-state index is 12.3. The first-order chi connectivity index (χ1) is 12.8. The van der Waals surface area contributed by atoms with Gasteiger partial charge in [-0.2, -0.15) is 0 Å². The van der Waals surface area contributed by atoms with Crippen LogP contribution in [0.1, 0.15) is 79.1 Å². The van der Waals surface area contributed by atoms with Gasteiger partial charge in [0, 0.05) is 0 Å². The maximum atomic E-state index is 12.3. The summed E-state index contributed by atoms with van der Waals surface area (Å²) in [7, 11) is 0. The molecule has 3 nitrogen and oxygen atoms in total. The van der Waals surface area contributed by atoms with E-state index in [4.69, 9.17) is 4.74 Å². The molecule has 4 rings (SSSR count). The van der Waals surface area contributed by atoms with Crippen LogP contribution in [-0.4, -0.2) is 11.9 Å². The van der Waals surface area contributed by atoms with E-state index in [9.17, 15) is 9.59 Å². The minimum absolute atomic E-state index is 0.190. The first-order valence-electron chi connectivity index (χ1n) is 11.3. The molecule has 3 aliphatic carbocycles. The number of allylic oxidation sites excluding steroid dienone is 2. The molecule has 3 fully saturated rings. The third kappa shape index (κ3) is 3.09. The molecule has 27 heavy (non-hydrogen) atoms. The van der Waals surface area contributed by atoms with Gasteiger partial charge in [0.1, 0.15) is 0 Å². The fraction of sp³-hybridized carbons (Fsp3) is 0.833. The number of carbonyl (C=O) groups excluding carboxylic acids is 2. The average molecular weight is 373 g/mol. The van der Waals surface area contributed by atoms with Crippen molar-refractivity contribution < 1.29 is 14.3 Å². The normalized spacial score (nSPS) is 41.7. The second kappa shape index (κ2) is 7.04. The Hall–Kier alpha value is -1.12. The number of hydrogen-bond donors (Lipinski definition) is 0. The number of cyclic esters (lactones) is 2. The van der Waals surface area contributed by atoms with Crippen LogP contribution < -0.4 is 0 Å². The molecule has 0 bridgehead atoms. The number of ether oxygens (including phenoxy) is 1. The summed E-state index contributed by atoms with van der Waals surface area (Å²) in [6.07, 6.45) is 11.9. The van der Waals surface area contributed by atoms with E-state index in [1.54, 1.807) is 0 Å². The van der Waals surface area contributed by atoms with Crippen molar-refractivity contribution in [3.05, 3.63) is 11.6 Å². The fourth-order valence-electron chi connectivity index (χ4n) is 7.23. The fourth-order valence-corrected chi connectivity index (χ4v) is 7.23. The highest BCUT2D eigenvalue weighted by Crippen LogP contribution is 2.63. The van der Waals surface area contributed by atoms with Gasteiger partial charge in [-0.15, -0.1) is 0 Å². The number of carbonyl (C=O) groups is 2. The molecule has 0 N–H and O–H groups in total. The zero-order valence-corrected chi connectivity index (χ0v) is 17.5. The molecule has 7 atom stereocenters. The van der Waals surface area contributed by atoms with Crippen molar-refractivity contribution in [1.29, 1.82) is 0 Å². The van der Waals surface area contributed by atoms with Gasteiger partial charge in [-0.1, -0.05) is 58.6 Å². The van der Waals surface area contributed by atoms with Gasteiger partial charge in [0.2, 0.25) is 0 Å². The van der Waals surface area contributed by atoms with Gasteiger partial charge < -0.3 is 4.74 Å². The molecule has 0 unspecified atom stereocenters. The predicted molar refractivity (Wildman–Crippen MR) is 106 cm³/mol. The Morgan fingerprint density at radius 2 is 1.85 bits per heavy atom. The molecule has 3 heteroatoms. The Balaban J connectivity index is 1.50. The van der Waals surface area contributed by atoms with Crippen molar-refractivity contribution in [1.82, 2.24) is 0 Å². The summed E-state index contributed by atoms with van der Waals surface area (Å²) in [4.78, 5) is 24.3. The zero-order chi connectivity index (χ0) is 19.3. The van der Waals surface area contributed by atoms with E-state index >= 15 is 0 Å². The first kappa shape index (κ1) is 19.2. The van der Waals surface area contributed by atoms with Crippen molar-refractivity contribution in [3.8, 4) is 0 Å². The van der Waals surface area contributed by atoms with Crippen molar-refractivity contribution in [2.45, 2.75) is 79.1 Å². The average Bonchev–Trinajstić information content (AvgIpc) is 3.11.